The van der Waals surface area contributed by atoms with Gasteiger partial charge in [-0.25, -0.2) is 0 Å². The molecular formula is C25H28N6O2. The summed E-state index contributed by atoms with van der Waals surface area (Å²) in [6.07, 6.45) is 7.03. The molecule has 3 N–H and O–H groups in total. The first-order valence-corrected chi connectivity index (χ1v) is 11.4. The van der Waals surface area contributed by atoms with E-state index in [1.165, 1.54) is 5.56 Å². The standard InChI is InChI=1S/C25H28N6O2/c32-15-24(18-4-2-1-3-5-18)27-14-20-9-11-30(25(20)33)10-8-19-13-26-23-7-6-21(12-22(19)23)31-16-28-29-17-31/h1-7,12-13,16-17,20,24,26-27,32H,8-11,14-15H2/t20-,24-/m0/s1. The summed E-state index contributed by atoms with van der Waals surface area (Å²) in [6, 6.07) is 15.9. The second-order valence-corrected chi connectivity index (χ2v) is 8.53. The number of nitrogens with one attached hydrogen (secondary N) is 2. The number of amides is 1. The molecule has 0 radical (unpaired) electrons. The zero-order chi connectivity index (χ0) is 22.6. The Morgan fingerprint density at radius 1 is 1.15 bits per heavy atom. The van der Waals surface area contributed by atoms with E-state index in [2.05, 4.69) is 32.6 Å². The lowest BCUT2D eigenvalue weighted by Crippen LogP contribution is -2.35. The lowest BCUT2D eigenvalue weighted by atomic mass is 10.0. The predicted molar refractivity (Wildman–Crippen MR) is 126 cm³/mol. The molecule has 1 aliphatic heterocycles. The van der Waals surface area contributed by atoms with Crippen LogP contribution in [0, 0.1) is 5.92 Å². The molecule has 1 fully saturated rings. The van der Waals surface area contributed by atoms with E-state index in [4.69, 9.17) is 0 Å². The van der Waals surface area contributed by atoms with Crippen LogP contribution in [0.15, 0.2) is 67.4 Å². The minimum atomic E-state index is -0.154. The number of hydrogen-bond donors (Lipinski definition) is 3. The molecule has 8 nitrogen and oxygen atoms in total. The van der Waals surface area contributed by atoms with E-state index in [-0.39, 0.29) is 24.5 Å². The average Bonchev–Trinajstić information content (AvgIpc) is 3.60. The van der Waals surface area contributed by atoms with E-state index >= 15 is 0 Å². The van der Waals surface area contributed by atoms with E-state index in [9.17, 15) is 9.90 Å². The molecule has 8 heteroatoms. The molecule has 1 aliphatic rings. The number of nitrogens with zero attached hydrogens (tertiary/aromatic N) is 4. The largest absolute Gasteiger partial charge is 0.394 e. The molecule has 0 spiro atoms. The van der Waals surface area contributed by atoms with Crippen molar-refractivity contribution < 1.29 is 9.90 Å². The van der Waals surface area contributed by atoms with E-state index in [1.54, 1.807) is 12.7 Å². The Morgan fingerprint density at radius 3 is 2.76 bits per heavy atom. The summed E-state index contributed by atoms with van der Waals surface area (Å²) in [7, 11) is 0. The number of fused-ring (bicyclic) bond motifs is 1. The summed E-state index contributed by atoms with van der Waals surface area (Å²) in [5.41, 5.74) is 4.31. The lowest BCUT2D eigenvalue weighted by molar-refractivity contribution is -0.130. The van der Waals surface area contributed by atoms with Crippen molar-refractivity contribution >= 4 is 16.8 Å². The fraction of sp³-hybridized carbons (Fsp3) is 0.320. The van der Waals surface area contributed by atoms with Gasteiger partial charge in [0.25, 0.3) is 0 Å². The Morgan fingerprint density at radius 2 is 1.97 bits per heavy atom. The number of likely N-dealkylation sites (tertiary alicyclic amines) is 1. The van der Waals surface area contributed by atoms with Crippen LogP contribution in [0.25, 0.3) is 16.6 Å². The third kappa shape index (κ3) is 4.53. The highest BCUT2D eigenvalue weighted by atomic mass is 16.3. The molecule has 2 aromatic heterocycles. The van der Waals surface area contributed by atoms with Crippen molar-refractivity contribution in [3.8, 4) is 5.69 Å². The normalized spacial score (nSPS) is 17.2. The fourth-order valence-corrected chi connectivity index (χ4v) is 4.60. The Labute approximate surface area is 192 Å². The summed E-state index contributed by atoms with van der Waals surface area (Å²) in [5.74, 6) is 0.142. The van der Waals surface area contributed by atoms with E-state index in [1.807, 2.05) is 52.1 Å². The number of rotatable bonds is 9. The van der Waals surface area contributed by atoms with Gasteiger partial charge in [-0.15, -0.1) is 10.2 Å². The van der Waals surface area contributed by atoms with Crippen LogP contribution in [0.1, 0.15) is 23.6 Å². The Kier molecular flexibility index (Phi) is 6.19. The topological polar surface area (TPSA) is 99.1 Å². The van der Waals surface area contributed by atoms with E-state index in [0.717, 1.165) is 41.5 Å². The summed E-state index contributed by atoms with van der Waals surface area (Å²) in [5, 5.41) is 22.1. The first kappa shape index (κ1) is 21.4. The second-order valence-electron chi connectivity index (χ2n) is 8.53. The molecule has 33 heavy (non-hydrogen) atoms. The van der Waals surface area contributed by atoms with Crippen molar-refractivity contribution in [3.63, 3.8) is 0 Å². The fourth-order valence-electron chi connectivity index (χ4n) is 4.60. The highest BCUT2D eigenvalue weighted by Crippen LogP contribution is 2.24. The third-order valence-corrected chi connectivity index (χ3v) is 6.52. The van der Waals surface area contributed by atoms with Crippen molar-refractivity contribution in [2.24, 2.45) is 5.92 Å². The number of carbonyl (C=O) groups excluding carboxylic acids is 1. The van der Waals surface area contributed by atoms with Gasteiger partial charge >= 0.3 is 0 Å². The maximum atomic E-state index is 13.0. The predicted octanol–water partition coefficient (Wildman–Crippen LogP) is 2.46. The van der Waals surface area contributed by atoms with Crippen LogP contribution < -0.4 is 5.32 Å². The molecule has 170 valence electrons. The number of benzene rings is 2. The molecule has 1 amide bonds. The van der Waals surface area contributed by atoms with Crippen molar-refractivity contribution in [1.82, 2.24) is 30.0 Å². The first-order valence-electron chi connectivity index (χ1n) is 11.4. The molecule has 2 aromatic carbocycles. The number of hydrogen-bond acceptors (Lipinski definition) is 5. The van der Waals surface area contributed by atoms with E-state index in [0.29, 0.717) is 13.1 Å². The molecule has 0 aliphatic carbocycles. The van der Waals surface area contributed by atoms with Gasteiger partial charge in [0.05, 0.1) is 18.6 Å². The van der Waals surface area contributed by atoms with Gasteiger partial charge in [0, 0.05) is 42.4 Å². The van der Waals surface area contributed by atoms with Crippen molar-refractivity contribution in [1.29, 1.82) is 0 Å². The summed E-state index contributed by atoms with van der Waals surface area (Å²) in [4.78, 5) is 18.3. The van der Waals surface area contributed by atoms with Gasteiger partial charge in [-0.2, -0.15) is 0 Å². The number of aromatic nitrogens is 4. The highest BCUT2D eigenvalue weighted by Gasteiger charge is 2.31. The van der Waals surface area contributed by atoms with Gasteiger partial charge in [-0.1, -0.05) is 30.3 Å². The van der Waals surface area contributed by atoms with Crippen LogP contribution in [0.2, 0.25) is 0 Å². The summed E-state index contributed by atoms with van der Waals surface area (Å²) in [6.45, 7) is 2.05. The molecule has 5 rings (SSSR count). The molecular weight excluding hydrogens is 416 g/mol. The van der Waals surface area contributed by atoms with Gasteiger partial charge in [0.1, 0.15) is 12.7 Å². The van der Waals surface area contributed by atoms with Crippen LogP contribution in [0.3, 0.4) is 0 Å². The quantitative estimate of drug-likeness (QED) is 0.368. The van der Waals surface area contributed by atoms with Gasteiger partial charge in [0.15, 0.2) is 0 Å². The summed E-state index contributed by atoms with van der Waals surface area (Å²) < 4.78 is 1.88. The van der Waals surface area contributed by atoms with E-state index < -0.39 is 0 Å². The molecule has 2 atom stereocenters. The third-order valence-electron chi connectivity index (χ3n) is 6.52. The number of H-pyrrole nitrogens is 1. The van der Waals surface area contributed by atoms with Crippen molar-refractivity contribution in [3.05, 3.63) is 78.5 Å². The maximum Gasteiger partial charge on any atom is 0.227 e. The number of aliphatic hydroxyl groups is 1. The van der Waals surface area contributed by atoms with Crippen LogP contribution in [0.5, 0.6) is 0 Å². The Bertz CT molecular complexity index is 1200. The SMILES string of the molecule is O=C1[C@H](CN[C@@H](CO)c2ccccc2)CCN1CCc1c[nH]c2ccc(-n3cnnc3)cc12. The monoisotopic (exact) mass is 444 g/mol. The van der Waals surface area contributed by atoms with Gasteiger partial charge < -0.3 is 20.3 Å². The first-order chi connectivity index (χ1) is 16.2. The number of aliphatic hydroxyl groups excluding tert-OH is 1. The van der Waals surface area contributed by atoms with Crippen molar-refractivity contribution in [2.45, 2.75) is 18.9 Å². The van der Waals surface area contributed by atoms with Gasteiger partial charge in [0.2, 0.25) is 5.91 Å². The van der Waals surface area contributed by atoms with Gasteiger partial charge in [-0.05, 0) is 42.2 Å². The molecule has 3 heterocycles. The zero-order valence-corrected chi connectivity index (χ0v) is 18.4. The molecule has 0 unspecified atom stereocenters. The van der Waals surface area contributed by atoms with Crippen LogP contribution in [0.4, 0.5) is 0 Å². The minimum absolute atomic E-state index is 0.00628. The van der Waals surface area contributed by atoms with Crippen molar-refractivity contribution in [2.75, 3.05) is 26.2 Å². The smallest absolute Gasteiger partial charge is 0.227 e. The molecule has 4 aromatic rings. The lowest BCUT2D eigenvalue weighted by Gasteiger charge is -2.20. The average molecular weight is 445 g/mol. The minimum Gasteiger partial charge on any atom is -0.394 e. The Hall–Kier alpha value is -3.49. The molecule has 0 bridgehead atoms. The van der Waals surface area contributed by atoms with Crippen LogP contribution in [-0.4, -0.2) is 61.9 Å². The summed E-state index contributed by atoms with van der Waals surface area (Å²) >= 11 is 0. The highest BCUT2D eigenvalue weighted by molar-refractivity contribution is 5.85. The Balaban J connectivity index is 1.19. The second kappa shape index (κ2) is 9.56. The zero-order valence-electron chi connectivity index (χ0n) is 18.4. The van der Waals surface area contributed by atoms with Gasteiger partial charge in [-0.3, -0.25) is 9.36 Å². The number of carbonyl (C=O) groups is 1. The maximum absolute atomic E-state index is 13.0. The number of aromatic amines is 1. The molecule has 1 saturated heterocycles. The van der Waals surface area contributed by atoms with Crippen LogP contribution in [-0.2, 0) is 11.2 Å². The van der Waals surface area contributed by atoms with Crippen LogP contribution >= 0.6 is 0 Å². The molecule has 0 saturated carbocycles.